The van der Waals surface area contributed by atoms with Gasteiger partial charge in [-0.3, -0.25) is 18.9 Å². The van der Waals surface area contributed by atoms with Crippen molar-refractivity contribution >= 4 is 54.1 Å². The molecule has 3 aromatic rings. The first-order valence-electron chi connectivity index (χ1n) is 8.65. The molecule has 0 fully saturated rings. The number of nitrogens with one attached hydrogen (secondary N) is 2. The first-order valence-corrected chi connectivity index (χ1v) is 11.3. The number of carbonyl (C=O) groups excluding carboxylic acids is 1. The summed E-state index contributed by atoms with van der Waals surface area (Å²) in [5.41, 5.74) is 1.95. The number of hydrogen-bond acceptors (Lipinski definition) is 5. The monoisotopic (exact) mass is 478 g/mol. The fourth-order valence-electron chi connectivity index (χ4n) is 2.75. The van der Waals surface area contributed by atoms with Crippen LogP contribution in [0.3, 0.4) is 0 Å². The summed E-state index contributed by atoms with van der Waals surface area (Å²) in [4.78, 5) is 29.1. The molecule has 0 aliphatic heterocycles. The third-order valence-electron chi connectivity index (χ3n) is 4.18. The minimum absolute atomic E-state index is 0.0593. The van der Waals surface area contributed by atoms with Crippen molar-refractivity contribution in [2.45, 2.75) is 19.9 Å². The molecule has 29 heavy (non-hydrogen) atoms. The quantitative estimate of drug-likeness (QED) is 0.565. The minimum atomic E-state index is -3.43. The summed E-state index contributed by atoms with van der Waals surface area (Å²) < 4.78 is 27.5. The summed E-state index contributed by atoms with van der Waals surface area (Å²) in [6.45, 7) is 1.93. The summed E-state index contributed by atoms with van der Waals surface area (Å²) in [6.07, 6.45) is 2.54. The number of anilines is 2. The van der Waals surface area contributed by atoms with Crippen molar-refractivity contribution in [3.8, 4) is 0 Å². The predicted molar refractivity (Wildman–Crippen MR) is 117 cm³/mol. The molecule has 0 spiro atoms. The number of halogens is 1. The van der Waals surface area contributed by atoms with Crippen molar-refractivity contribution in [3.63, 3.8) is 0 Å². The van der Waals surface area contributed by atoms with Gasteiger partial charge < -0.3 is 5.32 Å². The van der Waals surface area contributed by atoms with E-state index in [0.29, 0.717) is 22.3 Å². The average Bonchev–Trinajstić information content (AvgIpc) is 2.63. The van der Waals surface area contributed by atoms with Gasteiger partial charge in [-0.25, -0.2) is 13.4 Å². The van der Waals surface area contributed by atoms with Gasteiger partial charge in [0.15, 0.2) is 0 Å². The van der Waals surface area contributed by atoms with Crippen LogP contribution in [0.5, 0.6) is 0 Å². The predicted octanol–water partition coefficient (Wildman–Crippen LogP) is 2.87. The van der Waals surface area contributed by atoms with Gasteiger partial charge in [0.2, 0.25) is 15.9 Å². The molecular weight excluding hydrogens is 460 g/mol. The number of fused-ring (bicyclic) bond motifs is 1. The molecule has 1 aromatic heterocycles. The van der Waals surface area contributed by atoms with Crippen LogP contribution in [0, 0.1) is 6.92 Å². The topological polar surface area (TPSA) is 110 Å². The molecule has 10 heteroatoms. The summed E-state index contributed by atoms with van der Waals surface area (Å²) in [7, 11) is -3.43. The number of carbonyl (C=O) groups is 1. The van der Waals surface area contributed by atoms with Crippen LogP contribution in [0.2, 0.25) is 0 Å². The van der Waals surface area contributed by atoms with Crippen molar-refractivity contribution in [2.75, 3.05) is 16.3 Å². The fraction of sp³-hybridized carbons (Fsp3) is 0.211. The normalized spacial score (nSPS) is 11.4. The Bertz CT molecular complexity index is 1250. The van der Waals surface area contributed by atoms with E-state index >= 15 is 0 Å². The van der Waals surface area contributed by atoms with E-state index in [9.17, 15) is 18.0 Å². The summed E-state index contributed by atoms with van der Waals surface area (Å²) in [5.74, 6) is -0.305. The van der Waals surface area contributed by atoms with Gasteiger partial charge in [-0.2, -0.15) is 0 Å². The van der Waals surface area contributed by atoms with Gasteiger partial charge in [0.1, 0.15) is 0 Å². The number of sulfonamides is 1. The summed E-state index contributed by atoms with van der Waals surface area (Å²) in [5, 5.41) is 3.18. The Labute approximate surface area is 176 Å². The summed E-state index contributed by atoms with van der Waals surface area (Å²) in [6, 6.07) is 10.2. The highest BCUT2D eigenvalue weighted by Gasteiger charge is 2.10. The lowest BCUT2D eigenvalue weighted by atomic mass is 10.2. The van der Waals surface area contributed by atoms with E-state index in [1.165, 1.54) is 10.9 Å². The first kappa shape index (κ1) is 21.0. The molecule has 0 bridgehead atoms. The maximum absolute atomic E-state index is 12.6. The Kier molecular flexibility index (Phi) is 6.04. The van der Waals surface area contributed by atoms with Crippen molar-refractivity contribution in [2.24, 2.45) is 0 Å². The molecule has 0 aliphatic carbocycles. The zero-order chi connectivity index (χ0) is 21.2. The molecule has 0 unspecified atom stereocenters. The van der Waals surface area contributed by atoms with Crippen LogP contribution in [0.15, 0.2) is 52.0 Å². The lowest BCUT2D eigenvalue weighted by Crippen LogP contribution is -2.23. The molecule has 0 radical (unpaired) electrons. The van der Waals surface area contributed by atoms with E-state index in [-0.39, 0.29) is 24.4 Å². The van der Waals surface area contributed by atoms with Gasteiger partial charge >= 0.3 is 0 Å². The molecule has 0 saturated carbocycles. The van der Waals surface area contributed by atoms with Gasteiger partial charge in [-0.1, -0.05) is 22.0 Å². The third kappa shape index (κ3) is 5.42. The standard InChI is InChI=1S/C19H19BrN4O4S/c1-12-3-5-14(10-17(12)23-29(2,27)28)22-18(25)7-8-24-11-21-16-6-4-13(20)9-15(16)19(24)26/h3-6,9-11,23H,7-8H2,1-2H3,(H,22,25). The molecule has 152 valence electrons. The maximum atomic E-state index is 12.6. The van der Waals surface area contributed by atoms with Crippen molar-refractivity contribution in [1.29, 1.82) is 0 Å². The fourth-order valence-corrected chi connectivity index (χ4v) is 3.73. The minimum Gasteiger partial charge on any atom is -0.326 e. The van der Waals surface area contributed by atoms with E-state index in [0.717, 1.165) is 16.3 Å². The van der Waals surface area contributed by atoms with Crippen LogP contribution in [0.1, 0.15) is 12.0 Å². The van der Waals surface area contributed by atoms with Crippen LogP contribution in [0.25, 0.3) is 10.9 Å². The summed E-state index contributed by atoms with van der Waals surface area (Å²) >= 11 is 3.34. The molecule has 0 saturated heterocycles. The van der Waals surface area contributed by atoms with Crippen LogP contribution >= 0.6 is 15.9 Å². The Morgan fingerprint density at radius 1 is 1.21 bits per heavy atom. The van der Waals surface area contributed by atoms with E-state index in [2.05, 4.69) is 31.0 Å². The number of amides is 1. The highest BCUT2D eigenvalue weighted by Crippen LogP contribution is 2.21. The van der Waals surface area contributed by atoms with Gasteiger partial charge in [0.25, 0.3) is 5.56 Å². The molecule has 2 aromatic carbocycles. The highest BCUT2D eigenvalue weighted by atomic mass is 79.9. The largest absolute Gasteiger partial charge is 0.326 e. The maximum Gasteiger partial charge on any atom is 0.261 e. The molecule has 2 N–H and O–H groups in total. The van der Waals surface area contributed by atoms with E-state index in [1.807, 2.05) is 0 Å². The van der Waals surface area contributed by atoms with E-state index in [4.69, 9.17) is 0 Å². The lowest BCUT2D eigenvalue weighted by molar-refractivity contribution is -0.116. The van der Waals surface area contributed by atoms with Crippen LogP contribution in [-0.2, 0) is 21.4 Å². The van der Waals surface area contributed by atoms with Gasteiger partial charge in [-0.05, 0) is 42.8 Å². The van der Waals surface area contributed by atoms with E-state index in [1.54, 1.807) is 43.3 Å². The molecule has 1 heterocycles. The number of nitrogens with zero attached hydrogens (tertiary/aromatic N) is 2. The molecule has 0 aliphatic rings. The van der Waals surface area contributed by atoms with Crippen LogP contribution < -0.4 is 15.6 Å². The number of aromatic nitrogens is 2. The number of hydrogen-bond donors (Lipinski definition) is 2. The molecule has 1 amide bonds. The van der Waals surface area contributed by atoms with Crippen LogP contribution in [0.4, 0.5) is 11.4 Å². The Morgan fingerprint density at radius 3 is 2.69 bits per heavy atom. The van der Waals surface area contributed by atoms with Gasteiger partial charge in [-0.15, -0.1) is 0 Å². The Morgan fingerprint density at radius 2 is 1.97 bits per heavy atom. The van der Waals surface area contributed by atoms with Crippen molar-refractivity contribution < 1.29 is 13.2 Å². The zero-order valence-corrected chi connectivity index (χ0v) is 18.2. The number of aryl methyl sites for hydroxylation is 2. The second-order valence-corrected chi connectivity index (χ2v) is 9.27. The van der Waals surface area contributed by atoms with Crippen molar-refractivity contribution in [1.82, 2.24) is 9.55 Å². The number of benzene rings is 2. The lowest BCUT2D eigenvalue weighted by Gasteiger charge is -2.11. The number of rotatable bonds is 6. The van der Waals surface area contributed by atoms with E-state index < -0.39 is 10.0 Å². The molecule has 8 nitrogen and oxygen atoms in total. The highest BCUT2D eigenvalue weighted by molar-refractivity contribution is 9.10. The zero-order valence-electron chi connectivity index (χ0n) is 15.8. The Balaban J connectivity index is 1.71. The molecule has 3 rings (SSSR count). The second-order valence-electron chi connectivity index (χ2n) is 6.61. The first-order chi connectivity index (χ1) is 13.6. The molecular formula is C19H19BrN4O4S. The Hall–Kier alpha value is -2.72. The SMILES string of the molecule is Cc1ccc(NC(=O)CCn2cnc3ccc(Br)cc3c2=O)cc1NS(C)(=O)=O. The average molecular weight is 479 g/mol. The molecule has 0 atom stereocenters. The second kappa shape index (κ2) is 8.34. The smallest absolute Gasteiger partial charge is 0.261 e. The van der Waals surface area contributed by atoms with Gasteiger partial charge in [0, 0.05) is 23.1 Å². The van der Waals surface area contributed by atoms with Crippen LogP contribution in [-0.4, -0.2) is 30.1 Å². The third-order valence-corrected chi connectivity index (χ3v) is 5.27. The van der Waals surface area contributed by atoms with Gasteiger partial charge in [0.05, 0.1) is 29.2 Å². The van der Waals surface area contributed by atoms with Crippen molar-refractivity contribution in [3.05, 3.63) is 63.1 Å².